The number of benzene rings is 3. The molecule has 29 heavy (non-hydrogen) atoms. The number of carbonyl (C=O) groups excluding carboxylic acids is 1. The fourth-order valence-corrected chi connectivity index (χ4v) is 3.77. The Hall–Kier alpha value is -2.33. The second-order valence-corrected chi connectivity index (χ2v) is 8.13. The van der Waals surface area contributed by atoms with Gasteiger partial charge in [-0.3, -0.25) is 4.79 Å². The van der Waals surface area contributed by atoms with Crippen LogP contribution in [-0.2, 0) is 0 Å². The first-order chi connectivity index (χ1) is 14.0. The van der Waals surface area contributed by atoms with Gasteiger partial charge in [0.15, 0.2) is 0 Å². The molecule has 1 atom stereocenters. The first-order valence-corrected chi connectivity index (χ1v) is 10.3. The number of hydrazone groups is 1. The minimum Gasteiger partial charge on any atom is -0.267 e. The van der Waals surface area contributed by atoms with E-state index in [-0.39, 0.29) is 11.9 Å². The lowest BCUT2D eigenvalue weighted by Crippen LogP contribution is -2.35. The molecule has 1 aliphatic heterocycles. The largest absolute Gasteiger partial charge is 0.274 e. The SMILES string of the molecule is O=C(c1ccc(Cl)cc1)N1N=C(c2ccc(Cl)cc2)CC[C@H]1c1ccc(Cl)cc1. The summed E-state index contributed by atoms with van der Waals surface area (Å²) in [4.78, 5) is 13.3. The number of carbonyl (C=O) groups is 1. The third-order valence-corrected chi connectivity index (χ3v) is 5.67. The van der Waals surface area contributed by atoms with Gasteiger partial charge < -0.3 is 0 Å². The summed E-state index contributed by atoms with van der Waals surface area (Å²) in [6.45, 7) is 0. The summed E-state index contributed by atoms with van der Waals surface area (Å²) in [7, 11) is 0. The lowest BCUT2D eigenvalue weighted by molar-refractivity contribution is 0.0660. The third-order valence-electron chi connectivity index (χ3n) is 4.91. The van der Waals surface area contributed by atoms with Gasteiger partial charge in [-0.1, -0.05) is 59.1 Å². The fraction of sp³-hybridized carbons (Fsp3) is 0.130. The van der Waals surface area contributed by atoms with Crippen LogP contribution >= 0.6 is 34.8 Å². The molecule has 3 nitrogen and oxygen atoms in total. The first kappa shape index (κ1) is 20.0. The number of amides is 1. The summed E-state index contributed by atoms with van der Waals surface area (Å²) >= 11 is 18.0. The molecule has 0 fully saturated rings. The molecule has 0 aromatic heterocycles. The number of halogens is 3. The van der Waals surface area contributed by atoms with Gasteiger partial charge in [-0.15, -0.1) is 0 Å². The van der Waals surface area contributed by atoms with Gasteiger partial charge in [0, 0.05) is 20.6 Å². The average Bonchev–Trinajstić information content (AvgIpc) is 2.75. The van der Waals surface area contributed by atoms with Crippen LogP contribution in [0.4, 0.5) is 0 Å². The Morgan fingerprint density at radius 2 is 1.31 bits per heavy atom. The zero-order valence-electron chi connectivity index (χ0n) is 15.4. The second kappa shape index (κ2) is 8.58. The molecule has 0 N–H and O–H groups in total. The van der Waals surface area contributed by atoms with Gasteiger partial charge in [0.2, 0.25) is 0 Å². The summed E-state index contributed by atoms with van der Waals surface area (Å²) in [6, 6.07) is 21.7. The zero-order chi connectivity index (χ0) is 20.4. The van der Waals surface area contributed by atoms with E-state index in [0.29, 0.717) is 20.6 Å². The fourth-order valence-electron chi connectivity index (χ4n) is 3.39. The Morgan fingerprint density at radius 1 is 0.793 bits per heavy atom. The van der Waals surface area contributed by atoms with Crippen molar-refractivity contribution in [3.8, 4) is 0 Å². The van der Waals surface area contributed by atoms with Crippen LogP contribution in [0.15, 0.2) is 77.9 Å². The van der Waals surface area contributed by atoms with Crippen molar-refractivity contribution in [2.75, 3.05) is 0 Å². The summed E-state index contributed by atoms with van der Waals surface area (Å²) in [5.74, 6) is -0.173. The van der Waals surface area contributed by atoms with Gasteiger partial charge in [0.25, 0.3) is 5.91 Å². The molecule has 1 heterocycles. The van der Waals surface area contributed by atoms with Crippen LogP contribution in [0.2, 0.25) is 15.1 Å². The molecule has 3 aromatic rings. The maximum absolute atomic E-state index is 13.3. The molecule has 6 heteroatoms. The standard InChI is InChI=1S/C23H17Cl3N2O/c24-18-7-1-15(2-8-18)21-13-14-22(16-3-9-19(25)10-4-16)28(27-21)23(29)17-5-11-20(26)12-6-17/h1-12,22H,13-14H2/t22-/m0/s1. The molecule has 146 valence electrons. The van der Waals surface area contributed by atoms with Crippen LogP contribution in [0.25, 0.3) is 0 Å². The van der Waals surface area contributed by atoms with E-state index in [2.05, 4.69) is 0 Å². The van der Waals surface area contributed by atoms with Crippen molar-refractivity contribution in [2.45, 2.75) is 18.9 Å². The molecule has 0 spiro atoms. The molecule has 0 saturated heterocycles. The number of hydrogen-bond acceptors (Lipinski definition) is 2. The number of nitrogens with zero attached hydrogens (tertiary/aromatic N) is 2. The van der Waals surface area contributed by atoms with Crippen molar-refractivity contribution < 1.29 is 4.79 Å². The summed E-state index contributed by atoms with van der Waals surface area (Å²) in [6.07, 6.45) is 1.50. The lowest BCUT2D eigenvalue weighted by Gasteiger charge is -2.33. The van der Waals surface area contributed by atoms with E-state index in [9.17, 15) is 4.79 Å². The molecule has 1 amide bonds. The van der Waals surface area contributed by atoms with Crippen LogP contribution in [0, 0.1) is 0 Å². The van der Waals surface area contributed by atoms with Gasteiger partial charge in [-0.05, 0) is 72.5 Å². The van der Waals surface area contributed by atoms with Crippen molar-refractivity contribution in [3.63, 3.8) is 0 Å². The van der Waals surface area contributed by atoms with E-state index in [1.165, 1.54) is 0 Å². The molecule has 0 saturated carbocycles. The normalized spacial score (nSPS) is 16.4. The number of rotatable bonds is 3. The Labute approximate surface area is 184 Å². The average molecular weight is 444 g/mol. The molecular formula is C23H17Cl3N2O. The van der Waals surface area contributed by atoms with Crippen molar-refractivity contribution in [1.82, 2.24) is 5.01 Å². The van der Waals surface area contributed by atoms with Crippen molar-refractivity contribution in [2.24, 2.45) is 5.10 Å². The molecule has 0 bridgehead atoms. The van der Waals surface area contributed by atoms with Crippen LogP contribution in [-0.4, -0.2) is 16.6 Å². The molecule has 4 rings (SSSR count). The van der Waals surface area contributed by atoms with E-state index in [1.807, 2.05) is 48.5 Å². The summed E-state index contributed by atoms with van der Waals surface area (Å²) in [5.41, 5.74) is 3.34. The van der Waals surface area contributed by atoms with Gasteiger partial charge in [0.05, 0.1) is 11.8 Å². The Morgan fingerprint density at radius 3 is 1.90 bits per heavy atom. The molecular weight excluding hydrogens is 427 g/mol. The summed E-state index contributed by atoms with van der Waals surface area (Å²) in [5, 5.41) is 8.23. The Balaban J connectivity index is 1.74. The minimum atomic E-state index is -0.175. The maximum Gasteiger partial charge on any atom is 0.274 e. The van der Waals surface area contributed by atoms with Crippen LogP contribution in [0.3, 0.4) is 0 Å². The second-order valence-electron chi connectivity index (χ2n) is 6.82. The highest BCUT2D eigenvalue weighted by Crippen LogP contribution is 2.33. The first-order valence-electron chi connectivity index (χ1n) is 9.19. The van der Waals surface area contributed by atoms with E-state index < -0.39 is 0 Å². The highest BCUT2D eigenvalue weighted by molar-refractivity contribution is 6.31. The van der Waals surface area contributed by atoms with E-state index in [1.54, 1.807) is 29.3 Å². The minimum absolute atomic E-state index is 0.173. The predicted molar refractivity (Wildman–Crippen MR) is 119 cm³/mol. The van der Waals surface area contributed by atoms with Crippen molar-refractivity contribution in [1.29, 1.82) is 0 Å². The zero-order valence-corrected chi connectivity index (χ0v) is 17.6. The number of hydrogen-bond donors (Lipinski definition) is 0. The predicted octanol–water partition coefficient (Wildman–Crippen LogP) is 7.03. The van der Waals surface area contributed by atoms with Crippen LogP contribution in [0.5, 0.6) is 0 Å². The monoisotopic (exact) mass is 442 g/mol. The quantitative estimate of drug-likeness (QED) is 0.428. The van der Waals surface area contributed by atoms with Crippen molar-refractivity contribution in [3.05, 3.63) is 105 Å². The molecule has 1 aliphatic rings. The Bertz CT molecular complexity index is 1040. The van der Waals surface area contributed by atoms with E-state index >= 15 is 0 Å². The maximum atomic E-state index is 13.3. The Kier molecular flexibility index (Phi) is 5.91. The van der Waals surface area contributed by atoms with Crippen LogP contribution in [0.1, 0.15) is 40.4 Å². The highest BCUT2D eigenvalue weighted by Gasteiger charge is 2.30. The van der Waals surface area contributed by atoms with Crippen LogP contribution < -0.4 is 0 Å². The smallest absolute Gasteiger partial charge is 0.267 e. The van der Waals surface area contributed by atoms with Gasteiger partial charge in [0.1, 0.15) is 0 Å². The highest BCUT2D eigenvalue weighted by atomic mass is 35.5. The van der Waals surface area contributed by atoms with Gasteiger partial charge >= 0.3 is 0 Å². The third kappa shape index (κ3) is 4.48. The van der Waals surface area contributed by atoms with Gasteiger partial charge in [-0.25, -0.2) is 5.01 Å². The van der Waals surface area contributed by atoms with E-state index in [4.69, 9.17) is 39.9 Å². The topological polar surface area (TPSA) is 32.7 Å². The lowest BCUT2D eigenvalue weighted by atomic mass is 9.95. The summed E-state index contributed by atoms with van der Waals surface area (Å²) < 4.78 is 0. The van der Waals surface area contributed by atoms with Gasteiger partial charge in [-0.2, -0.15) is 5.10 Å². The van der Waals surface area contributed by atoms with E-state index in [0.717, 1.165) is 29.7 Å². The van der Waals surface area contributed by atoms with Crippen molar-refractivity contribution >= 4 is 46.4 Å². The molecule has 0 aliphatic carbocycles. The molecule has 0 unspecified atom stereocenters. The molecule has 0 radical (unpaired) electrons. The molecule has 3 aromatic carbocycles.